The predicted octanol–water partition coefficient (Wildman–Crippen LogP) is 5.85. The number of nitrogens with zero attached hydrogens (tertiary/aromatic N) is 10. The zero-order chi connectivity index (χ0) is 58.5. The van der Waals surface area contributed by atoms with Crippen LogP contribution in [0.1, 0.15) is 93.1 Å². The average molecular weight is 1150 g/mol. The van der Waals surface area contributed by atoms with Gasteiger partial charge in [-0.25, -0.2) is 19.9 Å². The van der Waals surface area contributed by atoms with Crippen molar-refractivity contribution in [2.75, 3.05) is 51.1 Å². The molecule has 6 atom stereocenters. The van der Waals surface area contributed by atoms with Crippen LogP contribution in [0.4, 0.5) is 11.4 Å². The number of amides is 4. The molecule has 2 fully saturated rings. The van der Waals surface area contributed by atoms with Crippen molar-refractivity contribution in [3.8, 4) is 0 Å². The van der Waals surface area contributed by atoms with E-state index in [0.29, 0.717) is 36.2 Å². The zero-order valence-corrected chi connectivity index (χ0v) is 49.1. The summed E-state index contributed by atoms with van der Waals surface area (Å²) in [5.41, 5.74) is 11.8. The summed E-state index contributed by atoms with van der Waals surface area (Å²) in [5, 5.41) is 52.8. The molecule has 6 N–H and O–H groups in total. The standard InChI is InChI=1S/2C30H36N6O4S/c1-18-10-11-25-23(13-18)32-19(2)36(25)16-21-17-41-26(33-21)15-31-29(39)27(37)28(38)30(40)35-12-6-9-24(35)20-7-5-8-22(14-20)34(3)4;1-18-10-11-23-25(13-18)36(19(2)32-23)16-21-17-41-26(33-21)15-31-29(39)27(37)28(38)30(40)35-12-6-9-24(35)20-7-5-8-22(14-20)34(3)4/h2*5,7-8,10-11,13-14,17,24,27-28,37-38H,6,9,12,15-16H2,1-4H3,(H,31,39). The quantitative estimate of drug-likeness (QED) is 0.0590. The molecule has 432 valence electrons. The Balaban J connectivity index is 0.000000198. The highest BCUT2D eigenvalue weighted by Crippen LogP contribution is 2.36. The van der Waals surface area contributed by atoms with Gasteiger partial charge in [0.05, 0.1) is 71.7 Å². The van der Waals surface area contributed by atoms with Crippen molar-refractivity contribution in [3.63, 3.8) is 0 Å². The van der Waals surface area contributed by atoms with Gasteiger partial charge in [0.25, 0.3) is 23.6 Å². The summed E-state index contributed by atoms with van der Waals surface area (Å²) in [6.07, 6.45) is -4.45. The van der Waals surface area contributed by atoms with Crippen molar-refractivity contribution in [3.05, 3.63) is 151 Å². The first-order valence-corrected chi connectivity index (χ1v) is 29.2. The van der Waals surface area contributed by atoms with E-state index in [1.807, 2.05) is 137 Å². The van der Waals surface area contributed by atoms with Crippen LogP contribution in [-0.4, -0.2) is 149 Å². The molecular formula is C60H72N12O8S2. The number of hydrogen-bond acceptors (Lipinski definition) is 16. The minimum absolute atomic E-state index is 0.0773. The number of thiazole rings is 2. The topological polar surface area (TPSA) is 248 Å². The molecule has 22 heteroatoms. The molecule has 4 amide bonds. The molecule has 2 aliphatic heterocycles. The second-order valence-electron chi connectivity index (χ2n) is 21.5. The van der Waals surface area contributed by atoms with E-state index in [-0.39, 0.29) is 25.2 Å². The van der Waals surface area contributed by atoms with Crippen molar-refractivity contribution in [1.29, 1.82) is 0 Å². The second-order valence-corrected chi connectivity index (χ2v) is 23.4. The first-order chi connectivity index (χ1) is 39.2. The van der Waals surface area contributed by atoms with Gasteiger partial charge in [0.2, 0.25) is 0 Å². The Morgan fingerprint density at radius 1 is 0.561 bits per heavy atom. The highest BCUT2D eigenvalue weighted by Gasteiger charge is 2.40. The van der Waals surface area contributed by atoms with E-state index < -0.39 is 48.0 Å². The number of nitrogens with one attached hydrogen (secondary N) is 2. The Hall–Kier alpha value is -7.60. The Labute approximate surface area is 484 Å². The van der Waals surface area contributed by atoms with E-state index in [1.54, 1.807) is 9.80 Å². The SMILES string of the molecule is Cc1ccc2c(c1)nc(C)n2Cc1csc(CNC(=O)C(O)C(O)C(=O)N2CCCC2c2cccc(N(C)C)c2)n1.Cc1ccc2nc(C)n(Cc3csc(CNC(=O)C(O)C(O)C(=O)N4CCCC4c4cccc(N(C)C)c4)n3)c2c1. The first kappa shape index (κ1) is 59.0. The van der Waals surface area contributed by atoms with Crippen LogP contribution in [-0.2, 0) is 45.4 Å². The fraction of sp³-hybridized carbons (Fsp3) is 0.400. The number of benzene rings is 4. The summed E-state index contributed by atoms with van der Waals surface area (Å²) in [5.74, 6) is -1.17. The van der Waals surface area contributed by atoms with Crippen LogP contribution in [0.5, 0.6) is 0 Å². The summed E-state index contributed by atoms with van der Waals surface area (Å²) < 4.78 is 4.20. The van der Waals surface area contributed by atoms with Crippen molar-refractivity contribution in [1.82, 2.24) is 49.5 Å². The summed E-state index contributed by atoms with van der Waals surface area (Å²) >= 11 is 2.79. The van der Waals surface area contributed by atoms with Gasteiger partial charge in [0.15, 0.2) is 24.4 Å². The Kier molecular flexibility index (Phi) is 18.5. The third-order valence-electron chi connectivity index (χ3n) is 15.1. The van der Waals surface area contributed by atoms with Crippen LogP contribution in [0.3, 0.4) is 0 Å². The number of aliphatic hydroxyl groups is 4. The molecule has 0 aliphatic carbocycles. The molecule has 0 bridgehead atoms. The van der Waals surface area contributed by atoms with Crippen LogP contribution in [0.25, 0.3) is 22.1 Å². The summed E-state index contributed by atoms with van der Waals surface area (Å²) in [6, 6.07) is 27.7. The molecule has 2 aliphatic rings. The van der Waals surface area contributed by atoms with Crippen LogP contribution in [0.2, 0.25) is 0 Å². The van der Waals surface area contributed by atoms with Gasteiger partial charge in [0, 0.05) is 63.4 Å². The lowest BCUT2D eigenvalue weighted by atomic mass is 10.0. The second kappa shape index (κ2) is 25.7. The highest BCUT2D eigenvalue weighted by molar-refractivity contribution is 7.09. The number of likely N-dealkylation sites (tertiary alicyclic amines) is 2. The summed E-state index contributed by atoms with van der Waals surface area (Å²) in [6.45, 7) is 10.1. The third kappa shape index (κ3) is 13.3. The Morgan fingerprint density at radius 2 is 1.01 bits per heavy atom. The van der Waals surface area contributed by atoms with Crippen molar-refractivity contribution >= 4 is 79.7 Å². The molecular weight excluding hydrogens is 1080 g/mol. The highest BCUT2D eigenvalue weighted by atomic mass is 32.1. The van der Waals surface area contributed by atoms with Crippen LogP contribution < -0.4 is 20.4 Å². The summed E-state index contributed by atoms with van der Waals surface area (Å²) in [7, 11) is 7.80. The maximum absolute atomic E-state index is 13.2. The normalized spacial score (nSPS) is 16.6. The minimum atomic E-state index is -1.89. The van der Waals surface area contributed by atoms with E-state index in [9.17, 15) is 39.6 Å². The number of imidazole rings is 2. The third-order valence-corrected chi connectivity index (χ3v) is 16.9. The van der Waals surface area contributed by atoms with Gasteiger partial charge < -0.3 is 59.8 Å². The fourth-order valence-electron chi connectivity index (χ4n) is 10.6. The van der Waals surface area contributed by atoms with Gasteiger partial charge >= 0.3 is 0 Å². The van der Waals surface area contributed by atoms with E-state index in [4.69, 9.17) is 0 Å². The minimum Gasteiger partial charge on any atom is -0.380 e. The lowest BCUT2D eigenvalue weighted by Gasteiger charge is -2.29. The van der Waals surface area contributed by atoms with Crippen LogP contribution in [0, 0.1) is 27.7 Å². The molecule has 82 heavy (non-hydrogen) atoms. The maximum atomic E-state index is 13.2. The average Bonchev–Trinajstić information content (AvgIpc) is 4.51. The monoisotopic (exact) mass is 1150 g/mol. The molecule has 0 radical (unpaired) electrons. The number of aryl methyl sites for hydroxylation is 4. The molecule has 0 spiro atoms. The number of fused-ring (bicyclic) bond motifs is 2. The lowest BCUT2D eigenvalue weighted by molar-refractivity contribution is -0.153. The number of hydrogen-bond donors (Lipinski definition) is 6. The number of carbonyl (C=O) groups is 4. The predicted molar refractivity (Wildman–Crippen MR) is 317 cm³/mol. The lowest BCUT2D eigenvalue weighted by Crippen LogP contribution is -2.50. The number of aliphatic hydroxyl groups excluding tert-OH is 4. The molecule has 6 unspecified atom stereocenters. The molecule has 4 aromatic heterocycles. The molecule has 20 nitrogen and oxygen atoms in total. The first-order valence-electron chi connectivity index (χ1n) is 27.4. The maximum Gasteiger partial charge on any atom is 0.255 e. The number of aromatic nitrogens is 6. The number of rotatable bonds is 18. The van der Waals surface area contributed by atoms with E-state index in [0.717, 1.165) is 104 Å². The van der Waals surface area contributed by atoms with Gasteiger partial charge in [0.1, 0.15) is 21.7 Å². The van der Waals surface area contributed by atoms with E-state index in [2.05, 4.69) is 64.0 Å². The van der Waals surface area contributed by atoms with Gasteiger partial charge in [-0.2, -0.15) is 0 Å². The van der Waals surface area contributed by atoms with Crippen molar-refractivity contribution < 1.29 is 39.6 Å². The number of anilines is 2. The van der Waals surface area contributed by atoms with Crippen molar-refractivity contribution in [2.45, 2.75) is 116 Å². The largest absolute Gasteiger partial charge is 0.380 e. The van der Waals surface area contributed by atoms with Gasteiger partial charge in [-0.3, -0.25) is 19.2 Å². The van der Waals surface area contributed by atoms with E-state index in [1.165, 1.54) is 22.7 Å². The Bertz CT molecular complexity index is 3590. The van der Waals surface area contributed by atoms with E-state index >= 15 is 0 Å². The smallest absolute Gasteiger partial charge is 0.255 e. The molecule has 6 heterocycles. The van der Waals surface area contributed by atoms with Crippen LogP contribution >= 0.6 is 22.7 Å². The van der Waals surface area contributed by atoms with Gasteiger partial charge in [-0.05, 0) is 124 Å². The molecule has 8 aromatic rings. The van der Waals surface area contributed by atoms with Gasteiger partial charge in [-0.15, -0.1) is 22.7 Å². The zero-order valence-electron chi connectivity index (χ0n) is 47.5. The van der Waals surface area contributed by atoms with Gasteiger partial charge in [-0.1, -0.05) is 36.4 Å². The molecule has 2 saturated heterocycles. The molecule has 4 aromatic carbocycles. The molecule has 10 rings (SSSR count). The van der Waals surface area contributed by atoms with Crippen LogP contribution in [0.15, 0.2) is 95.7 Å². The fourth-order valence-corrected chi connectivity index (χ4v) is 12.1. The molecule has 0 saturated carbocycles. The number of carbonyl (C=O) groups excluding carboxylic acids is 4. The summed E-state index contributed by atoms with van der Waals surface area (Å²) in [4.78, 5) is 77.4. The van der Waals surface area contributed by atoms with Crippen molar-refractivity contribution in [2.24, 2.45) is 0 Å². The Morgan fingerprint density at radius 3 is 1.50 bits per heavy atom.